The number of hydrogen-bond acceptors (Lipinski definition) is 3. The van der Waals surface area contributed by atoms with E-state index in [1.165, 1.54) is 6.20 Å². The lowest BCUT2D eigenvalue weighted by molar-refractivity contribution is -0.671. The van der Waals surface area contributed by atoms with Crippen LogP contribution in [0.1, 0.15) is 0 Å². The average Bonchev–Trinajstić information content (AvgIpc) is 2.88. The van der Waals surface area contributed by atoms with Crippen molar-refractivity contribution < 1.29 is 19.8 Å². The summed E-state index contributed by atoms with van der Waals surface area (Å²) in [5.74, 6) is 0.818. The fourth-order valence-corrected chi connectivity index (χ4v) is 2.03. The summed E-state index contributed by atoms with van der Waals surface area (Å²) in [6.45, 7) is 0. The van der Waals surface area contributed by atoms with Gasteiger partial charge < -0.3 is 15.2 Å². The first kappa shape index (κ1) is 12.2. The lowest BCUT2D eigenvalue weighted by atomic mass is 10.2. The topological polar surface area (TPSA) is 87.2 Å². The third-order valence-corrected chi connectivity index (χ3v) is 3.04. The van der Waals surface area contributed by atoms with E-state index >= 15 is 0 Å². The molecule has 3 aromatic heterocycles. The first-order valence-corrected chi connectivity index (χ1v) is 6.08. The van der Waals surface area contributed by atoms with E-state index in [1.807, 2.05) is 13.2 Å². The van der Waals surface area contributed by atoms with Crippen LogP contribution in [0, 0.1) is 0 Å². The molecule has 0 amide bonds. The summed E-state index contributed by atoms with van der Waals surface area (Å²) in [6, 6.07) is 3.52. The third kappa shape index (κ3) is 2.07. The summed E-state index contributed by atoms with van der Waals surface area (Å²) >= 11 is 0. The molecule has 4 N–H and O–H groups in total. The molecule has 3 aromatic rings. The van der Waals surface area contributed by atoms with E-state index < -0.39 is 0 Å². The second-order valence-electron chi connectivity index (χ2n) is 4.50. The Balaban J connectivity index is 2.04. The van der Waals surface area contributed by atoms with Crippen LogP contribution in [0.15, 0.2) is 43.1 Å². The van der Waals surface area contributed by atoms with Gasteiger partial charge in [-0.15, -0.1) is 0 Å². The van der Waals surface area contributed by atoms with Gasteiger partial charge in [0.25, 0.3) is 0 Å². The molecule has 0 fully saturated rings. The number of aromatic amines is 2. The molecule has 3 rings (SSSR count). The molecule has 0 unspecified atom stereocenters. The number of aromatic hydroxyl groups is 2. The molecular weight excluding hydrogens is 256 g/mol. The van der Waals surface area contributed by atoms with Gasteiger partial charge in [0.2, 0.25) is 12.4 Å². The largest absolute Gasteiger partial charge is 0.502 e. The van der Waals surface area contributed by atoms with E-state index in [1.54, 1.807) is 35.3 Å². The standard InChI is InChI=1S/C14H12N4O2/c1-18-5-3-10(13(20)8-18)14-16-6-11(17-14)9-2-4-15-7-12(9)19/h2-8H,1H3,(H2,17,19,20)/p+2. The molecule has 0 aliphatic heterocycles. The highest BCUT2D eigenvalue weighted by Gasteiger charge is 2.14. The van der Waals surface area contributed by atoms with Gasteiger partial charge in [0.15, 0.2) is 23.9 Å². The highest BCUT2D eigenvalue weighted by atomic mass is 16.3. The van der Waals surface area contributed by atoms with Crippen LogP contribution in [0.3, 0.4) is 0 Å². The van der Waals surface area contributed by atoms with E-state index in [0.29, 0.717) is 22.6 Å². The smallest absolute Gasteiger partial charge is 0.211 e. The van der Waals surface area contributed by atoms with Crippen LogP contribution in [-0.2, 0) is 7.05 Å². The van der Waals surface area contributed by atoms with E-state index in [-0.39, 0.29) is 11.5 Å². The highest BCUT2D eigenvalue weighted by molar-refractivity contribution is 5.69. The van der Waals surface area contributed by atoms with Gasteiger partial charge in [-0.25, -0.2) is 14.5 Å². The zero-order valence-corrected chi connectivity index (χ0v) is 10.8. The summed E-state index contributed by atoms with van der Waals surface area (Å²) in [4.78, 5) is 10.1. The Morgan fingerprint density at radius 1 is 1.20 bits per heavy atom. The van der Waals surface area contributed by atoms with Crippen LogP contribution in [0.5, 0.6) is 11.5 Å². The van der Waals surface area contributed by atoms with Crippen molar-refractivity contribution in [2.75, 3.05) is 0 Å². The lowest BCUT2D eigenvalue weighted by Gasteiger charge is -2.00. The fraction of sp³-hybridized carbons (Fsp3) is 0.0714. The molecule has 0 atom stereocenters. The van der Waals surface area contributed by atoms with Crippen molar-refractivity contribution in [3.05, 3.63) is 43.1 Å². The van der Waals surface area contributed by atoms with Crippen LogP contribution in [-0.4, -0.2) is 20.2 Å². The number of H-pyrrole nitrogens is 2. The number of aryl methyl sites for hydroxylation is 1. The number of hydrogen-bond donors (Lipinski definition) is 3. The molecule has 6 nitrogen and oxygen atoms in total. The first-order chi connectivity index (χ1) is 9.65. The molecule has 0 aliphatic rings. The Kier molecular flexibility index (Phi) is 2.83. The Morgan fingerprint density at radius 2 is 2.05 bits per heavy atom. The summed E-state index contributed by atoms with van der Waals surface area (Å²) < 4.78 is 1.75. The maximum Gasteiger partial charge on any atom is 0.211 e. The molecule has 6 heteroatoms. The molecule has 100 valence electrons. The molecule has 0 radical (unpaired) electrons. The Hall–Kier alpha value is -2.89. The number of pyridine rings is 2. The van der Waals surface area contributed by atoms with Gasteiger partial charge in [-0.05, 0) is 0 Å². The van der Waals surface area contributed by atoms with Crippen molar-refractivity contribution in [3.8, 4) is 34.1 Å². The second-order valence-corrected chi connectivity index (χ2v) is 4.50. The van der Waals surface area contributed by atoms with Crippen LogP contribution < -0.4 is 9.55 Å². The van der Waals surface area contributed by atoms with E-state index in [2.05, 4.69) is 15.0 Å². The van der Waals surface area contributed by atoms with Gasteiger partial charge in [-0.1, -0.05) is 0 Å². The summed E-state index contributed by atoms with van der Waals surface area (Å²) in [5, 5.41) is 19.7. The summed E-state index contributed by atoms with van der Waals surface area (Å²) in [7, 11) is 1.83. The molecule has 20 heavy (non-hydrogen) atoms. The third-order valence-electron chi connectivity index (χ3n) is 3.04. The maximum atomic E-state index is 9.94. The normalized spacial score (nSPS) is 10.7. The van der Waals surface area contributed by atoms with Crippen LogP contribution in [0.2, 0.25) is 0 Å². The minimum Gasteiger partial charge on any atom is -0.502 e. The molecule has 0 saturated carbocycles. The average molecular weight is 270 g/mol. The number of nitrogens with one attached hydrogen (secondary N) is 2. The Labute approximate surface area is 115 Å². The lowest BCUT2D eigenvalue weighted by Crippen LogP contribution is -2.25. The van der Waals surface area contributed by atoms with E-state index in [9.17, 15) is 10.2 Å². The SMILES string of the molecule is C[n+]1ccc(-c2ncc(-c3cc[nH+]cc3O)[nH]2)c(O)c1. The first-order valence-electron chi connectivity index (χ1n) is 6.08. The van der Waals surface area contributed by atoms with Crippen molar-refractivity contribution in [1.29, 1.82) is 0 Å². The van der Waals surface area contributed by atoms with Gasteiger partial charge in [-0.2, -0.15) is 0 Å². The number of nitrogens with zero attached hydrogens (tertiary/aromatic N) is 2. The van der Waals surface area contributed by atoms with Crippen molar-refractivity contribution in [1.82, 2.24) is 9.97 Å². The van der Waals surface area contributed by atoms with Crippen molar-refractivity contribution >= 4 is 0 Å². The summed E-state index contributed by atoms with van der Waals surface area (Å²) in [5.41, 5.74) is 1.93. The van der Waals surface area contributed by atoms with E-state index in [4.69, 9.17) is 0 Å². The molecule has 0 aliphatic carbocycles. The molecule has 0 spiro atoms. The predicted octanol–water partition coefficient (Wildman–Crippen LogP) is 0.793. The van der Waals surface area contributed by atoms with Gasteiger partial charge in [-0.3, -0.25) is 0 Å². The predicted molar refractivity (Wildman–Crippen MR) is 70.5 cm³/mol. The van der Waals surface area contributed by atoms with Crippen molar-refractivity contribution in [3.63, 3.8) is 0 Å². The Morgan fingerprint density at radius 3 is 2.80 bits per heavy atom. The second kappa shape index (κ2) is 4.65. The monoisotopic (exact) mass is 270 g/mol. The summed E-state index contributed by atoms with van der Waals surface area (Å²) in [6.07, 6.45) is 8.26. The minimum atomic E-state index is 0.131. The zero-order valence-electron chi connectivity index (χ0n) is 10.8. The van der Waals surface area contributed by atoms with Crippen LogP contribution >= 0.6 is 0 Å². The fourth-order valence-electron chi connectivity index (χ4n) is 2.03. The van der Waals surface area contributed by atoms with Crippen molar-refractivity contribution in [2.24, 2.45) is 7.05 Å². The Bertz CT molecular complexity index is 767. The number of aromatic nitrogens is 4. The molecule has 0 saturated heterocycles. The van der Waals surface area contributed by atoms with Crippen LogP contribution in [0.25, 0.3) is 22.6 Å². The highest BCUT2D eigenvalue weighted by Crippen LogP contribution is 2.30. The number of rotatable bonds is 2. The van der Waals surface area contributed by atoms with Gasteiger partial charge in [0.05, 0.1) is 23.0 Å². The molecular formula is C14H14N4O2+2. The van der Waals surface area contributed by atoms with Crippen LogP contribution in [0.4, 0.5) is 0 Å². The zero-order chi connectivity index (χ0) is 14.1. The molecule has 0 aromatic carbocycles. The van der Waals surface area contributed by atoms with Gasteiger partial charge in [0, 0.05) is 12.1 Å². The van der Waals surface area contributed by atoms with E-state index in [0.717, 1.165) is 0 Å². The van der Waals surface area contributed by atoms with Gasteiger partial charge in [0.1, 0.15) is 12.9 Å². The molecule has 3 heterocycles. The minimum absolute atomic E-state index is 0.131. The van der Waals surface area contributed by atoms with Crippen molar-refractivity contribution in [2.45, 2.75) is 0 Å². The van der Waals surface area contributed by atoms with Gasteiger partial charge >= 0.3 is 0 Å². The molecule has 0 bridgehead atoms. The quantitative estimate of drug-likeness (QED) is 0.602. The maximum absolute atomic E-state index is 9.94. The number of imidazole rings is 1.